The van der Waals surface area contributed by atoms with Crippen LogP contribution in [0.4, 0.5) is 11.5 Å². The molecule has 2 rings (SSSR count). The van der Waals surface area contributed by atoms with E-state index in [9.17, 15) is 5.26 Å². The van der Waals surface area contributed by atoms with Crippen molar-refractivity contribution in [1.29, 1.82) is 5.26 Å². The van der Waals surface area contributed by atoms with Crippen molar-refractivity contribution >= 4 is 11.5 Å². The normalized spacial score (nSPS) is 10.1. The van der Waals surface area contributed by atoms with Gasteiger partial charge in [-0.15, -0.1) is 0 Å². The summed E-state index contributed by atoms with van der Waals surface area (Å²) >= 11 is 0. The van der Waals surface area contributed by atoms with E-state index in [1.54, 1.807) is 25.6 Å². The predicted octanol–water partition coefficient (Wildman–Crippen LogP) is 1.96. The maximum Gasteiger partial charge on any atom is 0.144 e. The number of nitrogens with one attached hydrogen (secondary N) is 1. The fourth-order valence-electron chi connectivity index (χ4n) is 1.95. The van der Waals surface area contributed by atoms with Crippen molar-refractivity contribution in [1.82, 2.24) is 9.97 Å². The Morgan fingerprint density at radius 1 is 1.33 bits per heavy atom. The van der Waals surface area contributed by atoms with Crippen molar-refractivity contribution < 1.29 is 4.74 Å². The Hall–Kier alpha value is -2.65. The van der Waals surface area contributed by atoms with Crippen LogP contribution < -0.4 is 11.1 Å². The van der Waals surface area contributed by atoms with Crippen LogP contribution in [0.2, 0.25) is 0 Å². The number of aryl methyl sites for hydroxylation is 1. The molecule has 0 aliphatic rings. The molecule has 0 aliphatic heterocycles. The van der Waals surface area contributed by atoms with Crippen LogP contribution in [-0.2, 0) is 4.74 Å². The minimum absolute atomic E-state index is 0.477. The first-order valence-corrected chi connectivity index (χ1v) is 6.51. The van der Waals surface area contributed by atoms with Gasteiger partial charge < -0.3 is 15.8 Å². The number of nitrogen functional groups attached to an aromatic ring is 1. The zero-order valence-electron chi connectivity index (χ0n) is 12.1. The number of ether oxygens (including phenoxy) is 1. The number of hydrogen-bond donors (Lipinski definition) is 2. The van der Waals surface area contributed by atoms with E-state index < -0.39 is 0 Å². The number of anilines is 2. The highest BCUT2D eigenvalue weighted by Crippen LogP contribution is 2.26. The van der Waals surface area contributed by atoms with Crippen molar-refractivity contribution in [3.05, 3.63) is 35.8 Å². The summed E-state index contributed by atoms with van der Waals surface area (Å²) in [5.41, 5.74) is 9.37. The quantitative estimate of drug-likeness (QED) is 0.814. The molecular weight excluding hydrogens is 266 g/mol. The third-order valence-electron chi connectivity index (χ3n) is 3.03. The molecule has 2 heterocycles. The number of pyridine rings is 2. The highest BCUT2D eigenvalue weighted by Gasteiger charge is 2.09. The van der Waals surface area contributed by atoms with E-state index >= 15 is 0 Å². The van der Waals surface area contributed by atoms with Gasteiger partial charge in [-0.3, -0.25) is 4.98 Å². The standard InChI is InChI=1S/C15H17N5O/c1-10-14(6-13(17)9-19-10)12-5-11(7-16)15(20-8-12)18-3-4-21-2/h5-6,8-9H,3-4,17H2,1-2H3,(H,18,20). The summed E-state index contributed by atoms with van der Waals surface area (Å²) in [5.74, 6) is 0.549. The van der Waals surface area contributed by atoms with Gasteiger partial charge in [-0.05, 0) is 19.1 Å². The zero-order chi connectivity index (χ0) is 15.2. The molecule has 0 aliphatic carbocycles. The second kappa shape index (κ2) is 6.68. The average Bonchev–Trinajstić information content (AvgIpc) is 2.50. The number of nitrogens with two attached hydrogens (primary N) is 1. The van der Waals surface area contributed by atoms with E-state index in [4.69, 9.17) is 10.5 Å². The van der Waals surface area contributed by atoms with Crippen LogP contribution in [0.1, 0.15) is 11.3 Å². The van der Waals surface area contributed by atoms with Gasteiger partial charge >= 0.3 is 0 Å². The maximum atomic E-state index is 9.27. The second-order valence-corrected chi connectivity index (χ2v) is 4.55. The molecule has 0 aromatic carbocycles. The van der Waals surface area contributed by atoms with Crippen LogP contribution in [0.5, 0.6) is 0 Å². The Balaban J connectivity index is 2.35. The number of hydrogen-bond acceptors (Lipinski definition) is 6. The molecule has 0 bridgehead atoms. The average molecular weight is 283 g/mol. The Morgan fingerprint density at radius 3 is 2.86 bits per heavy atom. The van der Waals surface area contributed by atoms with Crippen molar-refractivity contribution in [2.45, 2.75) is 6.92 Å². The molecule has 0 saturated heterocycles. The first-order valence-electron chi connectivity index (χ1n) is 6.51. The van der Waals surface area contributed by atoms with Crippen LogP contribution >= 0.6 is 0 Å². The fraction of sp³-hybridized carbons (Fsp3) is 0.267. The molecule has 0 fully saturated rings. The van der Waals surface area contributed by atoms with E-state index in [-0.39, 0.29) is 0 Å². The van der Waals surface area contributed by atoms with Gasteiger partial charge in [0.15, 0.2) is 0 Å². The summed E-state index contributed by atoms with van der Waals surface area (Å²) in [4.78, 5) is 8.54. The van der Waals surface area contributed by atoms with Gasteiger partial charge in [0.2, 0.25) is 0 Å². The Bertz CT molecular complexity index is 678. The van der Waals surface area contributed by atoms with E-state index in [1.165, 1.54) is 0 Å². The SMILES string of the molecule is COCCNc1ncc(-c2cc(N)cnc2C)cc1C#N. The summed E-state index contributed by atoms with van der Waals surface area (Å²) in [7, 11) is 1.62. The van der Waals surface area contributed by atoms with Gasteiger partial charge in [0.05, 0.1) is 24.1 Å². The third kappa shape index (κ3) is 3.46. The number of aromatic nitrogens is 2. The number of nitrogens with zero attached hydrogens (tertiary/aromatic N) is 3. The molecule has 0 radical (unpaired) electrons. The number of methoxy groups -OCH3 is 1. The lowest BCUT2D eigenvalue weighted by molar-refractivity contribution is 0.210. The number of rotatable bonds is 5. The minimum Gasteiger partial charge on any atom is -0.397 e. The monoisotopic (exact) mass is 283 g/mol. The van der Waals surface area contributed by atoms with E-state index in [2.05, 4.69) is 21.4 Å². The predicted molar refractivity (Wildman–Crippen MR) is 81.7 cm³/mol. The van der Waals surface area contributed by atoms with Gasteiger partial charge in [0.1, 0.15) is 11.9 Å². The zero-order valence-corrected chi connectivity index (χ0v) is 12.1. The lowest BCUT2D eigenvalue weighted by Gasteiger charge is -2.10. The lowest BCUT2D eigenvalue weighted by Crippen LogP contribution is -2.10. The molecule has 0 saturated carbocycles. The maximum absolute atomic E-state index is 9.27. The molecule has 2 aromatic rings. The van der Waals surface area contributed by atoms with Crippen LogP contribution in [0.3, 0.4) is 0 Å². The summed E-state index contributed by atoms with van der Waals surface area (Å²) in [6, 6.07) is 5.76. The van der Waals surface area contributed by atoms with Gasteiger partial charge in [0.25, 0.3) is 0 Å². The van der Waals surface area contributed by atoms with Gasteiger partial charge in [-0.2, -0.15) is 5.26 Å². The van der Waals surface area contributed by atoms with Crippen LogP contribution in [0.25, 0.3) is 11.1 Å². The van der Waals surface area contributed by atoms with Gasteiger partial charge in [-0.1, -0.05) is 0 Å². The molecule has 2 aromatic heterocycles. The third-order valence-corrected chi connectivity index (χ3v) is 3.03. The molecule has 0 amide bonds. The van der Waals surface area contributed by atoms with Crippen LogP contribution in [0, 0.1) is 18.3 Å². The summed E-state index contributed by atoms with van der Waals surface area (Å²) in [5, 5.41) is 12.3. The molecule has 6 heteroatoms. The summed E-state index contributed by atoms with van der Waals surface area (Å²) in [6.07, 6.45) is 3.32. The molecule has 0 unspecified atom stereocenters. The Kier molecular flexibility index (Phi) is 4.69. The molecule has 6 nitrogen and oxygen atoms in total. The van der Waals surface area contributed by atoms with Crippen LogP contribution in [0.15, 0.2) is 24.5 Å². The summed E-state index contributed by atoms with van der Waals surface area (Å²) in [6.45, 7) is 3.04. The second-order valence-electron chi connectivity index (χ2n) is 4.55. The molecule has 0 spiro atoms. The Morgan fingerprint density at radius 2 is 2.14 bits per heavy atom. The minimum atomic E-state index is 0.477. The molecule has 0 atom stereocenters. The van der Waals surface area contributed by atoms with Crippen molar-refractivity contribution in [2.75, 3.05) is 31.3 Å². The Labute approximate surface area is 123 Å². The molecule has 3 N–H and O–H groups in total. The number of nitriles is 1. The van der Waals surface area contributed by atoms with E-state index in [0.29, 0.717) is 30.2 Å². The first kappa shape index (κ1) is 14.8. The van der Waals surface area contributed by atoms with Crippen molar-refractivity contribution in [2.24, 2.45) is 0 Å². The summed E-state index contributed by atoms with van der Waals surface area (Å²) < 4.78 is 4.96. The lowest BCUT2D eigenvalue weighted by atomic mass is 10.0. The smallest absolute Gasteiger partial charge is 0.144 e. The van der Waals surface area contributed by atoms with Gasteiger partial charge in [-0.25, -0.2) is 4.98 Å². The molecule has 108 valence electrons. The fourth-order valence-corrected chi connectivity index (χ4v) is 1.95. The molecular formula is C15H17N5O. The van der Waals surface area contributed by atoms with Crippen LogP contribution in [-0.4, -0.2) is 30.2 Å². The van der Waals surface area contributed by atoms with Crippen molar-refractivity contribution in [3.8, 4) is 17.2 Å². The van der Waals surface area contributed by atoms with E-state index in [1.807, 2.05) is 13.0 Å². The highest BCUT2D eigenvalue weighted by atomic mass is 16.5. The van der Waals surface area contributed by atoms with E-state index in [0.717, 1.165) is 16.8 Å². The first-order chi connectivity index (χ1) is 10.2. The topological polar surface area (TPSA) is 96.8 Å². The highest BCUT2D eigenvalue weighted by molar-refractivity contribution is 5.71. The molecule has 21 heavy (non-hydrogen) atoms. The van der Waals surface area contributed by atoms with Crippen molar-refractivity contribution in [3.63, 3.8) is 0 Å². The largest absolute Gasteiger partial charge is 0.397 e. The van der Waals surface area contributed by atoms with Gasteiger partial charge in [0, 0.05) is 36.7 Å².